The molecule has 0 saturated heterocycles. The zero-order valence-corrected chi connectivity index (χ0v) is 9.39. The molecule has 0 atom stereocenters. The first kappa shape index (κ1) is 11.2. The SMILES string of the molecule is CC(=O)CCCCn1c(C)csc1=O. The summed E-state index contributed by atoms with van der Waals surface area (Å²) in [7, 11) is 0. The summed E-state index contributed by atoms with van der Waals surface area (Å²) in [6.07, 6.45) is 2.39. The summed E-state index contributed by atoms with van der Waals surface area (Å²) < 4.78 is 1.77. The minimum Gasteiger partial charge on any atom is -0.303 e. The molecule has 1 heterocycles. The number of hydrogen-bond donors (Lipinski definition) is 0. The number of thiazole rings is 1. The molecule has 78 valence electrons. The lowest BCUT2D eigenvalue weighted by Crippen LogP contribution is -2.14. The highest BCUT2D eigenvalue weighted by Gasteiger charge is 2.01. The maximum atomic E-state index is 11.3. The molecule has 0 radical (unpaired) electrons. The smallest absolute Gasteiger partial charge is 0.303 e. The van der Waals surface area contributed by atoms with Gasteiger partial charge in [-0.05, 0) is 26.7 Å². The summed E-state index contributed by atoms with van der Waals surface area (Å²) in [5, 5.41) is 1.87. The Labute approximate surface area is 87.4 Å². The van der Waals surface area contributed by atoms with Gasteiger partial charge in [0.2, 0.25) is 0 Å². The molecule has 0 saturated carbocycles. The minimum absolute atomic E-state index is 0.102. The molecule has 1 aromatic rings. The van der Waals surface area contributed by atoms with Crippen LogP contribution in [0.5, 0.6) is 0 Å². The molecule has 4 heteroatoms. The predicted molar refractivity (Wildman–Crippen MR) is 57.8 cm³/mol. The van der Waals surface area contributed by atoms with Crippen molar-refractivity contribution in [3.8, 4) is 0 Å². The van der Waals surface area contributed by atoms with Crippen LogP contribution in [0.25, 0.3) is 0 Å². The van der Waals surface area contributed by atoms with Crippen LogP contribution in [0, 0.1) is 6.92 Å². The van der Waals surface area contributed by atoms with Gasteiger partial charge in [-0.1, -0.05) is 11.3 Å². The van der Waals surface area contributed by atoms with E-state index >= 15 is 0 Å². The molecule has 0 bridgehead atoms. The first-order valence-corrected chi connectivity index (χ1v) is 5.63. The molecule has 0 aliphatic rings. The van der Waals surface area contributed by atoms with Crippen molar-refractivity contribution in [2.75, 3.05) is 0 Å². The lowest BCUT2D eigenvalue weighted by Gasteiger charge is -2.02. The second kappa shape index (κ2) is 5.10. The van der Waals surface area contributed by atoms with E-state index in [0.29, 0.717) is 6.42 Å². The van der Waals surface area contributed by atoms with Gasteiger partial charge in [-0.2, -0.15) is 0 Å². The van der Waals surface area contributed by atoms with Gasteiger partial charge >= 0.3 is 4.87 Å². The molecule has 1 aromatic heterocycles. The quantitative estimate of drug-likeness (QED) is 0.701. The van der Waals surface area contributed by atoms with Gasteiger partial charge < -0.3 is 9.36 Å². The molecular weight excluding hydrogens is 198 g/mol. The number of carbonyl (C=O) groups excluding carboxylic acids is 1. The maximum absolute atomic E-state index is 11.3. The Bertz CT molecular complexity index is 364. The number of ketones is 1. The molecule has 0 aliphatic carbocycles. The average Bonchev–Trinajstić information content (AvgIpc) is 2.42. The zero-order valence-electron chi connectivity index (χ0n) is 8.58. The zero-order chi connectivity index (χ0) is 10.6. The first-order valence-electron chi connectivity index (χ1n) is 4.75. The van der Waals surface area contributed by atoms with Gasteiger partial charge in [-0.15, -0.1) is 0 Å². The van der Waals surface area contributed by atoms with Crippen LogP contribution in [0.4, 0.5) is 0 Å². The summed E-state index contributed by atoms with van der Waals surface area (Å²) in [6.45, 7) is 4.27. The van der Waals surface area contributed by atoms with E-state index in [-0.39, 0.29) is 10.7 Å². The van der Waals surface area contributed by atoms with E-state index in [1.165, 1.54) is 11.3 Å². The molecule has 0 N–H and O–H groups in total. The first-order chi connectivity index (χ1) is 6.61. The number of rotatable bonds is 5. The summed E-state index contributed by atoms with van der Waals surface area (Å²) in [5.74, 6) is 0.222. The predicted octanol–water partition coefficient (Wildman–Crippen LogP) is 1.98. The van der Waals surface area contributed by atoms with Gasteiger partial charge in [0, 0.05) is 24.0 Å². The van der Waals surface area contributed by atoms with Gasteiger partial charge in [-0.3, -0.25) is 4.79 Å². The van der Waals surface area contributed by atoms with E-state index in [4.69, 9.17) is 0 Å². The molecule has 0 fully saturated rings. The number of Topliss-reactive ketones (excluding diaryl/α,β-unsaturated/α-hetero) is 1. The van der Waals surface area contributed by atoms with Crippen molar-refractivity contribution in [3.05, 3.63) is 20.7 Å². The van der Waals surface area contributed by atoms with Crippen molar-refractivity contribution in [2.45, 2.75) is 39.7 Å². The van der Waals surface area contributed by atoms with Crippen molar-refractivity contribution < 1.29 is 4.79 Å². The molecule has 3 nitrogen and oxygen atoms in total. The third-order valence-corrected chi connectivity index (χ3v) is 3.02. The van der Waals surface area contributed by atoms with Crippen LogP contribution in [-0.2, 0) is 11.3 Å². The fourth-order valence-corrected chi connectivity index (χ4v) is 2.08. The Balaban J connectivity index is 2.38. The summed E-state index contributed by atoms with van der Waals surface area (Å²) in [5.41, 5.74) is 1.02. The van der Waals surface area contributed by atoms with E-state index in [1.54, 1.807) is 11.5 Å². The third kappa shape index (κ3) is 3.10. The molecule has 0 aromatic carbocycles. The van der Waals surface area contributed by atoms with Crippen molar-refractivity contribution in [3.63, 3.8) is 0 Å². The standard InChI is InChI=1S/C10H15NO2S/c1-8-7-14-10(13)11(8)6-4-3-5-9(2)12/h7H,3-6H2,1-2H3. The lowest BCUT2D eigenvalue weighted by atomic mass is 10.2. The highest BCUT2D eigenvalue weighted by atomic mass is 32.1. The van der Waals surface area contributed by atoms with Crippen LogP contribution in [0.3, 0.4) is 0 Å². The molecule has 1 rings (SSSR count). The van der Waals surface area contributed by atoms with Gasteiger partial charge in [0.25, 0.3) is 0 Å². The van der Waals surface area contributed by atoms with Crippen LogP contribution < -0.4 is 4.87 Å². The summed E-state index contributed by atoms with van der Waals surface area (Å²) in [6, 6.07) is 0. The minimum atomic E-state index is 0.102. The second-order valence-corrected chi connectivity index (χ2v) is 4.27. The molecule has 0 aliphatic heterocycles. The van der Waals surface area contributed by atoms with E-state index in [0.717, 1.165) is 25.1 Å². The third-order valence-electron chi connectivity index (χ3n) is 2.14. The summed E-state index contributed by atoms with van der Waals surface area (Å²) >= 11 is 1.24. The van der Waals surface area contributed by atoms with Crippen molar-refractivity contribution in [2.24, 2.45) is 0 Å². The van der Waals surface area contributed by atoms with Crippen molar-refractivity contribution in [1.82, 2.24) is 4.57 Å². The maximum Gasteiger partial charge on any atom is 0.307 e. The molecule has 14 heavy (non-hydrogen) atoms. The van der Waals surface area contributed by atoms with E-state index < -0.39 is 0 Å². The van der Waals surface area contributed by atoms with Crippen LogP contribution in [0.2, 0.25) is 0 Å². The number of hydrogen-bond acceptors (Lipinski definition) is 3. The number of aromatic nitrogens is 1. The van der Waals surface area contributed by atoms with E-state index in [1.807, 2.05) is 12.3 Å². The van der Waals surface area contributed by atoms with Crippen LogP contribution in [0.15, 0.2) is 10.2 Å². The second-order valence-electron chi connectivity index (χ2n) is 3.45. The molecule has 0 amide bonds. The Morgan fingerprint density at radius 2 is 2.21 bits per heavy atom. The Morgan fingerprint density at radius 1 is 1.50 bits per heavy atom. The van der Waals surface area contributed by atoms with E-state index in [2.05, 4.69) is 0 Å². The Morgan fingerprint density at radius 3 is 2.71 bits per heavy atom. The Kier molecular flexibility index (Phi) is 4.07. The van der Waals surface area contributed by atoms with Gasteiger partial charge in [0.15, 0.2) is 0 Å². The van der Waals surface area contributed by atoms with Crippen LogP contribution in [0.1, 0.15) is 31.9 Å². The average molecular weight is 213 g/mol. The monoisotopic (exact) mass is 213 g/mol. The molecule has 0 spiro atoms. The van der Waals surface area contributed by atoms with Crippen LogP contribution in [-0.4, -0.2) is 10.4 Å². The lowest BCUT2D eigenvalue weighted by molar-refractivity contribution is -0.117. The van der Waals surface area contributed by atoms with Crippen molar-refractivity contribution in [1.29, 1.82) is 0 Å². The van der Waals surface area contributed by atoms with Gasteiger partial charge in [-0.25, -0.2) is 0 Å². The molecular formula is C10H15NO2S. The Hall–Kier alpha value is -0.900. The topological polar surface area (TPSA) is 39.1 Å². The largest absolute Gasteiger partial charge is 0.307 e. The van der Waals surface area contributed by atoms with Gasteiger partial charge in [0.05, 0.1) is 0 Å². The fourth-order valence-electron chi connectivity index (χ4n) is 1.32. The highest BCUT2D eigenvalue weighted by molar-refractivity contribution is 7.07. The number of unbranched alkanes of at least 4 members (excludes halogenated alkanes) is 1. The molecule has 0 unspecified atom stereocenters. The summed E-state index contributed by atoms with van der Waals surface area (Å²) in [4.78, 5) is 22.1. The highest BCUT2D eigenvalue weighted by Crippen LogP contribution is 2.03. The van der Waals surface area contributed by atoms with Crippen LogP contribution >= 0.6 is 11.3 Å². The van der Waals surface area contributed by atoms with Gasteiger partial charge in [0.1, 0.15) is 5.78 Å². The number of nitrogens with zero attached hydrogens (tertiary/aromatic N) is 1. The fraction of sp³-hybridized carbons (Fsp3) is 0.600. The number of aryl methyl sites for hydroxylation is 1. The number of carbonyl (C=O) groups is 1. The normalized spacial score (nSPS) is 10.4. The van der Waals surface area contributed by atoms with Crippen molar-refractivity contribution >= 4 is 17.1 Å². The van der Waals surface area contributed by atoms with E-state index in [9.17, 15) is 9.59 Å².